The lowest BCUT2D eigenvalue weighted by Crippen LogP contribution is -2.25. The lowest BCUT2D eigenvalue weighted by Gasteiger charge is -2.18. The number of rotatable bonds is 8. The number of imidazole rings is 1. The van der Waals surface area contributed by atoms with Gasteiger partial charge in [-0.1, -0.05) is 42.6 Å². The standard InChI is InChI=1S/C26H27ClN4O2S/c1-16(19-10-9-17(12-20(19)27)14-29-18-6-2-3-7-18)33-22-13-23(34-25(22)26(28)32)21-15-30-24-8-4-5-11-31(21)24/h4-5,8-13,15-16,18,29H,2-3,6-7,14H2,1H3,(H2,28,32). The summed E-state index contributed by atoms with van der Waals surface area (Å²) in [7, 11) is 0. The smallest absolute Gasteiger partial charge is 0.262 e. The number of hydrogen-bond acceptors (Lipinski definition) is 5. The highest BCUT2D eigenvalue weighted by Crippen LogP contribution is 2.39. The molecule has 3 aromatic heterocycles. The number of benzene rings is 1. The lowest BCUT2D eigenvalue weighted by molar-refractivity contribution is 0.0998. The zero-order chi connectivity index (χ0) is 23.7. The number of ether oxygens (including phenoxy) is 1. The molecule has 0 aliphatic heterocycles. The first-order valence-corrected chi connectivity index (χ1v) is 12.7. The van der Waals surface area contributed by atoms with Crippen LogP contribution in [0, 0.1) is 0 Å². The summed E-state index contributed by atoms with van der Waals surface area (Å²) in [6.45, 7) is 2.73. The van der Waals surface area contributed by atoms with Crippen LogP contribution in [0.4, 0.5) is 0 Å². The summed E-state index contributed by atoms with van der Waals surface area (Å²) in [6, 6.07) is 14.3. The molecule has 8 heteroatoms. The van der Waals surface area contributed by atoms with Crippen LogP contribution in [0.1, 0.15) is 59.5 Å². The normalized spacial score (nSPS) is 15.1. The van der Waals surface area contributed by atoms with E-state index in [1.54, 1.807) is 6.20 Å². The molecule has 3 heterocycles. The molecule has 0 radical (unpaired) electrons. The van der Waals surface area contributed by atoms with Crippen LogP contribution in [0.15, 0.2) is 54.9 Å². The minimum Gasteiger partial charge on any atom is -0.484 e. The van der Waals surface area contributed by atoms with Gasteiger partial charge in [-0.2, -0.15) is 0 Å². The molecule has 1 aliphatic rings. The van der Waals surface area contributed by atoms with Crippen LogP contribution in [0.25, 0.3) is 16.2 Å². The zero-order valence-electron chi connectivity index (χ0n) is 19.0. The van der Waals surface area contributed by atoms with Crippen molar-refractivity contribution in [1.82, 2.24) is 14.7 Å². The number of nitrogens with zero attached hydrogens (tertiary/aromatic N) is 2. The second-order valence-electron chi connectivity index (χ2n) is 8.72. The molecular formula is C26H27ClN4O2S. The van der Waals surface area contributed by atoms with E-state index in [-0.39, 0.29) is 6.10 Å². The number of halogens is 1. The van der Waals surface area contributed by atoms with Crippen molar-refractivity contribution in [2.75, 3.05) is 0 Å². The fraction of sp³-hybridized carbons (Fsp3) is 0.308. The second kappa shape index (κ2) is 9.78. The van der Waals surface area contributed by atoms with E-state index < -0.39 is 5.91 Å². The van der Waals surface area contributed by atoms with Gasteiger partial charge in [0.15, 0.2) is 0 Å². The number of pyridine rings is 1. The van der Waals surface area contributed by atoms with E-state index in [0.29, 0.717) is 21.7 Å². The highest BCUT2D eigenvalue weighted by molar-refractivity contribution is 7.17. The van der Waals surface area contributed by atoms with Gasteiger partial charge in [-0.05, 0) is 43.5 Å². The molecule has 0 spiro atoms. The molecule has 1 aromatic carbocycles. The lowest BCUT2D eigenvalue weighted by atomic mass is 10.1. The Morgan fingerprint density at radius 3 is 2.88 bits per heavy atom. The SMILES string of the molecule is CC(Oc1cc(-c2cnc3ccccn23)sc1C(N)=O)c1ccc(CNC2CCCC2)cc1Cl. The van der Waals surface area contributed by atoms with Gasteiger partial charge in [-0.3, -0.25) is 9.20 Å². The number of carbonyl (C=O) groups is 1. The fourth-order valence-corrected chi connectivity index (χ4v) is 5.84. The first kappa shape index (κ1) is 22.9. The van der Waals surface area contributed by atoms with Gasteiger partial charge in [0.1, 0.15) is 22.4 Å². The zero-order valence-corrected chi connectivity index (χ0v) is 20.5. The summed E-state index contributed by atoms with van der Waals surface area (Å²) < 4.78 is 8.20. The molecule has 6 nitrogen and oxygen atoms in total. The molecule has 1 aliphatic carbocycles. The van der Waals surface area contributed by atoms with E-state index >= 15 is 0 Å². The van der Waals surface area contributed by atoms with Gasteiger partial charge >= 0.3 is 0 Å². The average Bonchev–Trinajstić information content (AvgIpc) is 3.57. The van der Waals surface area contributed by atoms with Crippen LogP contribution in [-0.4, -0.2) is 21.3 Å². The number of nitrogens with one attached hydrogen (secondary N) is 1. The predicted octanol–water partition coefficient (Wildman–Crippen LogP) is 5.99. The number of fused-ring (bicyclic) bond motifs is 1. The van der Waals surface area contributed by atoms with E-state index in [4.69, 9.17) is 22.1 Å². The van der Waals surface area contributed by atoms with E-state index in [2.05, 4.69) is 16.4 Å². The molecule has 176 valence electrons. The first-order valence-electron chi connectivity index (χ1n) is 11.5. The van der Waals surface area contributed by atoms with Gasteiger partial charge in [-0.25, -0.2) is 4.98 Å². The Hall–Kier alpha value is -2.87. The molecule has 5 rings (SSSR count). The summed E-state index contributed by atoms with van der Waals surface area (Å²) >= 11 is 7.93. The maximum Gasteiger partial charge on any atom is 0.262 e. The van der Waals surface area contributed by atoms with Crippen molar-refractivity contribution in [3.05, 3.63) is 75.9 Å². The van der Waals surface area contributed by atoms with Gasteiger partial charge in [0.25, 0.3) is 5.91 Å². The topological polar surface area (TPSA) is 81.7 Å². The Bertz CT molecular complexity index is 1330. The van der Waals surface area contributed by atoms with Crippen molar-refractivity contribution < 1.29 is 9.53 Å². The minimum atomic E-state index is -0.522. The van der Waals surface area contributed by atoms with Gasteiger partial charge in [0.2, 0.25) is 0 Å². The molecule has 4 aromatic rings. The van der Waals surface area contributed by atoms with E-state index in [1.807, 2.05) is 53.9 Å². The fourth-order valence-electron chi connectivity index (χ4n) is 4.53. The number of amides is 1. The number of hydrogen-bond donors (Lipinski definition) is 2. The van der Waals surface area contributed by atoms with Crippen LogP contribution in [0.5, 0.6) is 5.75 Å². The van der Waals surface area contributed by atoms with Crippen LogP contribution in [0.2, 0.25) is 5.02 Å². The molecule has 1 unspecified atom stereocenters. The Kier molecular flexibility index (Phi) is 6.59. The highest BCUT2D eigenvalue weighted by Gasteiger charge is 2.22. The van der Waals surface area contributed by atoms with E-state index in [0.717, 1.165) is 33.9 Å². The number of thiophene rings is 1. The largest absolute Gasteiger partial charge is 0.484 e. The Balaban J connectivity index is 1.35. The molecule has 0 saturated heterocycles. The molecular weight excluding hydrogens is 468 g/mol. The molecule has 1 fully saturated rings. The average molecular weight is 495 g/mol. The number of aromatic nitrogens is 2. The van der Waals surface area contributed by atoms with Crippen LogP contribution in [0.3, 0.4) is 0 Å². The Morgan fingerprint density at radius 1 is 1.29 bits per heavy atom. The van der Waals surface area contributed by atoms with Crippen molar-refractivity contribution >= 4 is 34.5 Å². The van der Waals surface area contributed by atoms with Gasteiger partial charge in [0, 0.05) is 35.4 Å². The first-order chi connectivity index (χ1) is 16.5. The third-order valence-electron chi connectivity index (χ3n) is 6.35. The minimum absolute atomic E-state index is 0.355. The number of carbonyl (C=O) groups excluding carboxylic acids is 1. The van der Waals surface area contributed by atoms with Gasteiger partial charge < -0.3 is 15.8 Å². The Labute approximate surface area is 207 Å². The van der Waals surface area contributed by atoms with Crippen LogP contribution < -0.4 is 15.8 Å². The van der Waals surface area contributed by atoms with Gasteiger partial charge in [0.05, 0.1) is 16.8 Å². The maximum atomic E-state index is 12.2. The summed E-state index contributed by atoms with van der Waals surface area (Å²) in [4.78, 5) is 17.8. The van der Waals surface area contributed by atoms with Crippen molar-refractivity contribution in [1.29, 1.82) is 0 Å². The van der Waals surface area contributed by atoms with E-state index in [1.165, 1.54) is 37.0 Å². The summed E-state index contributed by atoms with van der Waals surface area (Å²) in [5.41, 5.74) is 9.40. The molecule has 1 atom stereocenters. The number of primary amides is 1. The third kappa shape index (κ3) is 4.69. The third-order valence-corrected chi connectivity index (χ3v) is 7.83. The molecule has 1 amide bonds. The van der Waals surface area contributed by atoms with Crippen molar-refractivity contribution in [3.8, 4) is 16.3 Å². The monoisotopic (exact) mass is 494 g/mol. The summed E-state index contributed by atoms with van der Waals surface area (Å²) in [5.74, 6) is -0.0689. The molecule has 1 saturated carbocycles. The number of nitrogens with two attached hydrogens (primary N) is 1. The Morgan fingerprint density at radius 2 is 2.12 bits per heavy atom. The van der Waals surface area contributed by atoms with Crippen molar-refractivity contribution in [2.24, 2.45) is 5.73 Å². The molecule has 3 N–H and O–H groups in total. The quantitative estimate of drug-likeness (QED) is 0.315. The highest BCUT2D eigenvalue weighted by atomic mass is 35.5. The summed E-state index contributed by atoms with van der Waals surface area (Å²) in [5, 5.41) is 4.26. The van der Waals surface area contributed by atoms with Crippen molar-refractivity contribution in [3.63, 3.8) is 0 Å². The van der Waals surface area contributed by atoms with Crippen molar-refractivity contribution in [2.45, 2.75) is 51.3 Å². The van der Waals surface area contributed by atoms with E-state index in [9.17, 15) is 4.79 Å². The summed E-state index contributed by atoms with van der Waals surface area (Å²) in [6.07, 6.45) is 8.48. The van der Waals surface area contributed by atoms with Crippen LogP contribution in [-0.2, 0) is 6.54 Å². The molecule has 0 bridgehead atoms. The predicted molar refractivity (Wildman–Crippen MR) is 137 cm³/mol. The molecule has 34 heavy (non-hydrogen) atoms. The van der Waals surface area contributed by atoms with Crippen LogP contribution >= 0.6 is 22.9 Å². The maximum absolute atomic E-state index is 12.2. The second-order valence-corrected chi connectivity index (χ2v) is 10.2. The van der Waals surface area contributed by atoms with Gasteiger partial charge in [-0.15, -0.1) is 11.3 Å².